The number of hydrogen-bond acceptors (Lipinski definition) is 3. The first-order chi connectivity index (χ1) is 7.94. The minimum atomic E-state index is -3.71. The molecule has 0 radical (unpaired) electrons. The zero-order valence-electron chi connectivity index (χ0n) is 9.98. The highest BCUT2D eigenvalue weighted by Gasteiger charge is 2.26. The van der Waals surface area contributed by atoms with Crippen LogP contribution in [0.25, 0.3) is 0 Å². The highest BCUT2D eigenvalue weighted by atomic mass is 32.2. The molecule has 0 aromatic heterocycles. The number of carboxylic acid groups (broad SMARTS) is 1. The van der Waals surface area contributed by atoms with E-state index < -0.39 is 22.2 Å². The van der Waals surface area contributed by atoms with E-state index in [2.05, 4.69) is 9.44 Å². The summed E-state index contributed by atoms with van der Waals surface area (Å²) in [5, 5.41) is 8.87. The Morgan fingerprint density at radius 2 is 2.00 bits per heavy atom. The largest absolute Gasteiger partial charge is 0.480 e. The lowest BCUT2D eigenvalue weighted by molar-refractivity contribution is -0.139. The Labute approximate surface area is 102 Å². The molecule has 0 amide bonds. The number of carboxylic acids is 1. The van der Waals surface area contributed by atoms with Crippen molar-refractivity contribution in [3.63, 3.8) is 0 Å². The Balaban J connectivity index is 2.53. The van der Waals surface area contributed by atoms with Crippen molar-refractivity contribution in [2.45, 2.75) is 57.5 Å². The molecule has 1 atom stereocenters. The van der Waals surface area contributed by atoms with Gasteiger partial charge in [-0.3, -0.25) is 4.79 Å². The van der Waals surface area contributed by atoms with Crippen LogP contribution in [0.1, 0.15) is 45.4 Å². The van der Waals surface area contributed by atoms with Crippen molar-refractivity contribution in [3.8, 4) is 0 Å². The molecule has 0 heterocycles. The molecule has 1 unspecified atom stereocenters. The highest BCUT2D eigenvalue weighted by molar-refractivity contribution is 7.87. The molecule has 6 nitrogen and oxygen atoms in total. The molecule has 0 saturated heterocycles. The molecule has 1 aliphatic carbocycles. The quantitative estimate of drug-likeness (QED) is 0.627. The van der Waals surface area contributed by atoms with E-state index in [1.54, 1.807) is 0 Å². The van der Waals surface area contributed by atoms with Gasteiger partial charge in [0.2, 0.25) is 0 Å². The lowest BCUT2D eigenvalue weighted by atomic mass is 10.2. The standard InChI is InChI=1S/C10H20N2O4S/c1-2-5-9(10(13)14)12-17(15,16)11-8-6-3-4-7-8/h8-9,11-12H,2-7H2,1H3,(H,13,14). The SMILES string of the molecule is CCCC(NS(=O)(=O)NC1CCCC1)C(=O)O. The number of aliphatic carboxylic acids is 1. The third kappa shape index (κ3) is 5.01. The summed E-state index contributed by atoms with van der Waals surface area (Å²) in [5.41, 5.74) is 0. The number of rotatable bonds is 7. The maximum Gasteiger partial charge on any atom is 0.321 e. The molecule has 7 heteroatoms. The van der Waals surface area contributed by atoms with Crippen molar-refractivity contribution >= 4 is 16.2 Å². The van der Waals surface area contributed by atoms with Gasteiger partial charge in [0.25, 0.3) is 10.2 Å². The zero-order chi connectivity index (χ0) is 12.9. The summed E-state index contributed by atoms with van der Waals surface area (Å²) in [6.07, 6.45) is 4.59. The first-order valence-electron chi connectivity index (χ1n) is 5.97. The van der Waals surface area contributed by atoms with Crippen LogP contribution < -0.4 is 9.44 Å². The van der Waals surface area contributed by atoms with E-state index in [9.17, 15) is 13.2 Å². The van der Waals surface area contributed by atoms with Crippen molar-refractivity contribution in [2.75, 3.05) is 0 Å². The van der Waals surface area contributed by atoms with Crippen molar-refractivity contribution in [2.24, 2.45) is 0 Å². The second kappa shape index (κ2) is 6.32. The fourth-order valence-electron chi connectivity index (χ4n) is 2.01. The van der Waals surface area contributed by atoms with Gasteiger partial charge in [0.15, 0.2) is 0 Å². The second-order valence-electron chi connectivity index (χ2n) is 4.40. The van der Waals surface area contributed by atoms with E-state index in [-0.39, 0.29) is 6.04 Å². The van der Waals surface area contributed by atoms with Crippen molar-refractivity contribution in [1.82, 2.24) is 9.44 Å². The summed E-state index contributed by atoms with van der Waals surface area (Å²) in [6, 6.07) is -1.09. The summed E-state index contributed by atoms with van der Waals surface area (Å²) in [4.78, 5) is 10.8. The van der Waals surface area contributed by atoms with Gasteiger partial charge in [0, 0.05) is 6.04 Å². The van der Waals surface area contributed by atoms with Crippen LogP contribution in [0.5, 0.6) is 0 Å². The number of carbonyl (C=O) groups is 1. The van der Waals surface area contributed by atoms with E-state index in [0.717, 1.165) is 25.7 Å². The molecule has 17 heavy (non-hydrogen) atoms. The van der Waals surface area contributed by atoms with Gasteiger partial charge in [-0.1, -0.05) is 26.2 Å². The lowest BCUT2D eigenvalue weighted by Crippen LogP contribution is -2.48. The Morgan fingerprint density at radius 1 is 1.41 bits per heavy atom. The van der Waals surface area contributed by atoms with Crippen LogP contribution in [0, 0.1) is 0 Å². The average Bonchev–Trinajstić information content (AvgIpc) is 2.68. The van der Waals surface area contributed by atoms with Gasteiger partial charge in [0.05, 0.1) is 0 Å². The molecule has 0 bridgehead atoms. The summed E-state index contributed by atoms with van der Waals surface area (Å²) in [7, 11) is -3.71. The van der Waals surface area contributed by atoms with E-state index in [1.165, 1.54) is 0 Å². The lowest BCUT2D eigenvalue weighted by Gasteiger charge is -2.17. The van der Waals surface area contributed by atoms with Crippen LogP contribution in [-0.2, 0) is 15.0 Å². The molecule has 1 aliphatic rings. The van der Waals surface area contributed by atoms with Gasteiger partial charge in [0.1, 0.15) is 6.04 Å². The topological polar surface area (TPSA) is 95.5 Å². The van der Waals surface area contributed by atoms with E-state index >= 15 is 0 Å². The van der Waals surface area contributed by atoms with Crippen molar-refractivity contribution in [1.29, 1.82) is 0 Å². The first kappa shape index (κ1) is 14.4. The van der Waals surface area contributed by atoms with Gasteiger partial charge >= 0.3 is 5.97 Å². The monoisotopic (exact) mass is 264 g/mol. The van der Waals surface area contributed by atoms with Gasteiger partial charge in [-0.2, -0.15) is 17.9 Å². The fourth-order valence-corrected chi connectivity index (χ4v) is 3.34. The molecule has 0 aliphatic heterocycles. The smallest absolute Gasteiger partial charge is 0.321 e. The molecular formula is C10H20N2O4S. The molecule has 100 valence electrons. The van der Waals surface area contributed by atoms with E-state index in [1.807, 2.05) is 6.92 Å². The Hall–Kier alpha value is -0.660. The molecule has 0 aromatic carbocycles. The Morgan fingerprint density at radius 3 is 2.47 bits per heavy atom. The minimum absolute atomic E-state index is 0.0522. The zero-order valence-corrected chi connectivity index (χ0v) is 10.8. The van der Waals surface area contributed by atoms with Crippen LogP contribution in [0.2, 0.25) is 0 Å². The second-order valence-corrected chi connectivity index (χ2v) is 5.88. The van der Waals surface area contributed by atoms with E-state index in [0.29, 0.717) is 12.8 Å². The molecule has 1 fully saturated rings. The van der Waals surface area contributed by atoms with Gasteiger partial charge < -0.3 is 5.11 Å². The first-order valence-corrected chi connectivity index (χ1v) is 7.45. The van der Waals surface area contributed by atoms with Crippen LogP contribution in [0.4, 0.5) is 0 Å². The molecule has 1 saturated carbocycles. The molecule has 0 aromatic rings. The predicted octanol–water partition coefficient (Wildman–Crippen LogP) is 0.606. The summed E-state index contributed by atoms with van der Waals surface area (Å²) in [6.45, 7) is 1.81. The van der Waals surface area contributed by atoms with E-state index in [4.69, 9.17) is 5.11 Å². The van der Waals surface area contributed by atoms with Crippen LogP contribution in [0.15, 0.2) is 0 Å². The minimum Gasteiger partial charge on any atom is -0.480 e. The van der Waals surface area contributed by atoms with Crippen molar-refractivity contribution < 1.29 is 18.3 Å². The highest BCUT2D eigenvalue weighted by Crippen LogP contribution is 2.18. The average molecular weight is 264 g/mol. The Bertz CT molecular complexity index is 349. The third-order valence-electron chi connectivity index (χ3n) is 2.85. The molecule has 0 spiro atoms. The van der Waals surface area contributed by atoms with Gasteiger partial charge in [-0.05, 0) is 19.3 Å². The maximum absolute atomic E-state index is 11.7. The third-order valence-corrected chi connectivity index (χ3v) is 4.09. The summed E-state index contributed by atoms with van der Waals surface area (Å²) >= 11 is 0. The number of nitrogens with one attached hydrogen (secondary N) is 2. The normalized spacial score (nSPS) is 19.4. The Kier molecular flexibility index (Phi) is 5.35. The molecule has 1 rings (SSSR count). The van der Waals surface area contributed by atoms with Crippen LogP contribution in [0.3, 0.4) is 0 Å². The molecule has 3 N–H and O–H groups in total. The maximum atomic E-state index is 11.7. The van der Waals surface area contributed by atoms with Crippen LogP contribution >= 0.6 is 0 Å². The number of hydrogen-bond donors (Lipinski definition) is 3. The summed E-state index contributed by atoms with van der Waals surface area (Å²) in [5.74, 6) is -1.14. The molecular weight excluding hydrogens is 244 g/mol. The van der Waals surface area contributed by atoms with Crippen molar-refractivity contribution in [3.05, 3.63) is 0 Å². The predicted molar refractivity (Wildman–Crippen MR) is 63.8 cm³/mol. The van der Waals surface area contributed by atoms with Gasteiger partial charge in [-0.15, -0.1) is 0 Å². The van der Waals surface area contributed by atoms with Crippen LogP contribution in [-0.4, -0.2) is 31.6 Å². The fraction of sp³-hybridized carbons (Fsp3) is 0.900. The summed E-state index contributed by atoms with van der Waals surface area (Å²) < 4.78 is 28.1. The van der Waals surface area contributed by atoms with Gasteiger partial charge in [-0.25, -0.2) is 0 Å².